The third-order valence-corrected chi connectivity index (χ3v) is 2.73. The van der Waals surface area contributed by atoms with Gasteiger partial charge >= 0.3 is 0 Å². The summed E-state index contributed by atoms with van der Waals surface area (Å²) in [5, 5.41) is 3.32. The fourth-order valence-corrected chi connectivity index (χ4v) is 1.60. The van der Waals surface area contributed by atoms with Crippen LogP contribution in [-0.2, 0) is 0 Å². The van der Waals surface area contributed by atoms with Crippen LogP contribution < -0.4 is 15.8 Å². The van der Waals surface area contributed by atoms with Crippen LogP contribution in [0.4, 0.5) is 17.2 Å². The fourth-order valence-electron chi connectivity index (χ4n) is 1.46. The Balaban J connectivity index is 2.09. The van der Waals surface area contributed by atoms with Crippen LogP contribution in [0.1, 0.15) is 13.3 Å². The molecule has 5 nitrogen and oxygen atoms in total. The number of rotatable bonds is 5. The van der Waals surface area contributed by atoms with Crippen molar-refractivity contribution in [3.05, 3.63) is 35.7 Å². The van der Waals surface area contributed by atoms with Crippen LogP contribution in [0.5, 0.6) is 5.75 Å². The van der Waals surface area contributed by atoms with Crippen LogP contribution in [0.2, 0.25) is 5.15 Å². The Bertz CT molecular complexity index is 545. The Morgan fingerprint density at radius 1 is 1.26 bits per heavy atom. The Morgan fingerprint density at radius 2 is 2.00 bits per heavy atom. The minimum atomic E-state index is 0.236. The van der Waals surface area contributed by atoms with E-state index in [0.29, 0.717) is 18.1 Å². The van der Waals surface area contributed by atoms with Gasteiger partial charge in [-0.2, -0.15) is 0 Å². The van der Waals surface area contributed by atoms with Crippen LogP contribution in [0.15, 0.2) is 30.6 Å². The summed E-state index contributed by atoms with van der Waals surface area (Å²) in [4.78, 5) is 7.84. The van der Waals surface area contributed by atoms with E-state index >= 15 is 0 Å². The molecule has 0 bridgehead atoms. The van der Waals surface area contributed by atoms with Crippen molar-refractivity contribution < 1.29 is 4.74 Å². The van der Waals surface area contributed by atoms with Gasteiger partial charge in [0.2, 0.25) is 0 Å². The highest BCUT2D eigenvalue weighted by Crippen LogP contribution is 2.26. The number of anilines is 3. The van der Waals surface area contributed by atoms with Gasteiger partial charge in [0.15, 0.2) is 11.0 Å². The summed E-state index contributed by atoms with van der Waals surface area (Å²) >= 11 is 5.83. The Morgan fingerprint density at radius 3 is 2.68 bits per heavy atom. The van der Waals surface area contributed by atoms with Crippen molar-refractivity contribution in [1.29, 1.82) is 0 Å². The molecule has 3 N–H and O–H groups in total. The van der Waals surface area contributed by atoms with Crippen molar-refractivity contribution in [2.75, 3.05) is 17.7 Å². The lowest BCUT2D eigenvalue weighted by Gasteiger charge is -2.09. The second-order valence-corrected chi connectivity index (χ2v) is 4.28. The number of hydrogen-bond donors (Lipinski definition) is 2. The number of nitrogen functional groups attached to an aromatic ring is 1. The lowest BCUT2D eigenvalue weighted by Crippen LogP contribution is -2.01. The van der Waals surface area contributed by atoms with Crippen molar-refractivity contribution in [3.8, 4) is 5.75 Å². The van der Waals surface area contributed by atoms with Gasteiger partial charge < -0.3 is 15.8 Å². The normalized spacial score (nSPS) is 10.2. The molecule has 100 valence electrons. The van der Waals surface area contributed by atoms with E-state index in [-0.39, 0.29) is 5.15 Å². The maximum Gasteiger partial charge on any atom is 0.158 e. The van der Waals surface area contributed by atoms with Crippen molar-refractivity contribution in [1.82, 2.24) is 9.97 Å². The van der Waals surface area contributed by atoms with E-state index in [1.165, 1.54) is 6.33 Å². The number of aromatic nitrogens is 2. The Kier molecular flexibility index (Phi) is 4.41. The smallest absolute Gasteiger partial charge is 0.158 e. The average molecular weight is 279 g/mol. The molecule has 0 unspecified atom stereocenters. The second-order valence-electron chi connectivity index (χ2n) is 3.92. The third kappa shape index (κ3) is 3.48. The standard InChI is InChI=1S/C13H15ClN4O/c1-2-7-19-10-5-3-9(4-6-10)18-13-11(15)12(14)16-8-17-13/h3-6,8H,2,7,15H2,1H3,(H,16,17,18). The van der Waals surface area contributed by atoms with E-state index < -0.39 is 0 Å². The zero-order valence-corrected chi connectivity index (χ0v) is 11.3. The Labute approximate surface area is 116 Å². The largest absolute Gasteiger partial charge is 0.494 e. The second kappa shape index (κ2) is 6.24. The summed E-state index contributed by atoms with van der Waals surface area (Å²) in [6.45, 7) is 2.78. The minimum Gasteiger partial charge on any atom is -0.494 e. The molecule has 0 fully saturated rings. The van der Waals surface area contributed by atoms with Gasteiger partial charge in [-0.05, 0) is 30.7 Å². The number of nitrogens with zero attached hydrogens (tertiary/aromatic N) is 2. The van der Waals surface area contributed by atoms with Crippen LogP contribution in [-0.4, -0.2) is 16.6 Å². The molecule has 0 radical (unpaired) electrons. The number of ether oxygens (including phenoxy) is 1. The molecule has 0 aliphatic carbocycles. The molecule has 0 saturated carbocycles. The summed E-state index contributed by atoms with van der Waals surface area (Å²) < 4.78 is 5.50. The van der Waals surface area contributed by atoms with Crippen molar-refractivity contribution in [2.45, 2.75) is 13.3 Å². The first-order chi connectivity index (χ1) is 9.20. The Hall–Kier alpha value is -2.01. The maximum absolute atomic E-state index is 5.83. The first-order valence-corrected chi connectivity index (χ1v) is 6.34. The highest BCUT2D eigenvalue weighted by molar-refractivity contribution is 6.32. The topological polar surface area (TPSA) is 73.1 Å². The number of halogens is 1. The van der Waals surface area contributed by atoms with Crippen LogP contribution in [0, 0.1) is 0 Å². The van der Waals surface area contributed by atoms with E-state index in [9.17, 15) is 0 Å². The SMILES string of the molecule is CCCOc1ccc(Nc2ncnc(Cl)c2N)cc1. The van der Waals surface area contributed by atoms with E-state index in [4.69, 9.17) is 22.1 Å². The first kappa shape index (κ1) is 13.4. The molecule has 1 aromatic heterocycles. The molecule has 0 atom stereocenters. The van der Waals surface area contributed by atoms with Crippen LogP contribution in [0.3, 0.4) is 0 Å². The number of hydrogen-bond acceptors (Lipinski definition) is 5. The van der Waals surface area contributed by atoms with Gasteiger partial charge in [0.25, 0.3) is 0 Å². The van der Waals surface area contributed by atoms with Crippen LogP contribution >= 0.6 is 11.6 Å². The summed E-state index contributed by atoms with van der Waals surface area (Å²) in [6.07, 6.45) is 2.34. The van der Waals surface area contributed by atoms with Gasteiger partial charge in [-0.1, -0.05) is 18.5 Å². The summed E-state index contributed by atoms with van der Waals surface area (Å²) in [6, 6.07) is 7.55. The molecule has 2 rings (SSSR count). The zero-order chi connectivity index (χ0) is 13.7. The maximum atomic E-state index is 5.83. The molecule has 2 aromatic rings. The van der Waals surface area contributed by atoms with Gasteiger partial charge in [0, 0.05) is 5.69 Å². The lowest BCUT2D eigenvalue weighted by atomic mass is 10.3. The van der Waals surface area contributed by atoms with E-state index in [1.807, 2.05) is 24.3 Å². The summed E-state index contributed by atoms with van der Waals surface area (Å²) in [7, 11) is 0. The predicted octanol–water partition coefficient (Wildman–Crippen LogP) is 3.24. The number of benzene rings is 1. The lowest BCUT2D eigenvalue weighted by molar-refractivity contribution is 0.317. The summed E-state index contributed by atoms with van der Waals surface area (Å²) in [5.74, 6) is 1.32. The van der Waals surface area contributed by atoms with E-state index in [0.717, 1.165) is 17.9 Å². The highest BCUT2D eigenvalue weighted by Gasteiger charge is 2.06. The van der Waals surface area contributed by atoms with Gasteiger partial charge in [-0.3, -0.25) is 0 Å². The van der Waals surface area contributed by atoms with Crippen molar-refractivity contribution in [3.63, 3.8) is 0 Å². The molecule has 0 spiro atoms. The molecule has 19 heavy (non-hydrogen) atoms. The van der Waals surface area contributed by atoms with Crippen LogP contribution in [0.25, 0.3) is 0 Å². The molecule has 0 aliphatic rings. The molecule has 6 heteroatoms. The quantitative estimate of drug-likeness (QED) is 0.822. The number of nitrogens with one attached hydrogen (secondary N) is 1. The zero-order valence-electron chi connectivity index (χ0n) is 10.6. The molecular formula is C13H15ClN4O. The highest BCUT2D eigenvalue weighted by atomic mass is 35.5. The average Bonchev–Trinajstić information content (AvgIpc) is 2.43. The molecule has 0 saturated heterocycles. The molecule has 0 aliphatic heterocycles. The molecule has 1 heterocycles. The van der Waals surface area contributed by atoms with Gasteiger partial charge in [-0.15, -0.1) is 0 Å². The van der Waals surface area contributed by atoms with E-state index in [1.54, 1.807) is 0 Å². The summed E-state index contributed by atoms with van der Waals surface area (Å²) in [5.41, 5.74) is 6.96. The first-order valence-electron chi connectivity index (χ1n) is 5.96. The molecule has 1 aromatic carbocycles. The molecular weight excluding hydrogens is 264 g/mol. The van der Waals surface area contributed by atoms with E-state index in [2.05, 4.69) is 22.2 Å². The van der Waals surface area contributed by atoms with Crippen molar-refractivity contribution >= 4 is 28.8 Å². The number of nitrogens with two attached hydrogens (primary N) is 1. The third-order valence-electron chi connectivity index (χ3n) is 2.43. The fraction of sp³-hybridized carbons (Fsp3) is 0.231. The molecule has 0 amide bonds. The minimum absolute atomic E-state index is 0.236. The predicted molar refractivity (Wildman–Crippen MR) is 77.0 cm³/mol. The van der Waals surface area contributed by atoms with Gasteiger partial charge in [0.1, 0.15) is 17.8 Å². The van der Waals surface area contributed by atoms with Gasteiger partial charge in [-0.25, -0.2) is 9.97 Å². The monoisotopic (exact) mass is 278 g/mol. The van der Waals surface area contributed by atoms with Crippen molar-refractivity contribution in [2.24, 2.45) is 0 Å². The van der Waals surface area contributed by atoms with Gasteiger partial charge in [0.05, 0.1) is 6.61 Å².